The van der Waals surface area contributed by atoms with E-state index < -0.39 is 5.97 Å². The molecule has 4 heteroatoms. The lowest BCUT2D eigenvalue weighted by Gasteiger charge is -2.16. The first kappa shape index (κ1) is 14.2. The van der Waals surface area contributed by atoms with Crippen molar-refractivity contribution in [1.82, 2.24) is 4.90 Å². The zero-order valence-electron chi connectivity index (χ0n) is 11.3. The van der Waals surface area contributed by atoms with E-state index in [0.717, 1.165) is 16.7 Å². The molecular formula is C14H19NO3. The van der Waals surface area contributed by atoms with Crippen LogP contribution in [0.1, 0.15) is 22.3 Å². The maximum absolute atomic E-state index is 11.9. The van der Waals surface area contributed by atoms with E-state index in [-0.39, 0.29) is 18.9 Å². The van der Waals surface area contributed by atoms with Crippen molar-refractivity contribution in [2.45, 2.75) is 27.2 Å². The Balaban J connectivity index is 2.82. The molecule has 0 heterocycles. The fraction of sp³-hybridized carbons (Fsp3) is 0.429. The highest BCUT2D eigenvalue weighted by molar-refractivity contribution is 5.83. The molecule has 0 unspecified atom stereocenters. The number of carbonyl (C=O) groups excluding carboxylic acids is 1. The molecule has 0 aliphatic carbocycles. The summed E-state index contributed by atoms with van der Waals surface area (Å²) in [6, 6.07) is 4.05. The van der Waals surface area contributed by atoms with E-state index in [1.54, 1.807) is 0 Å². The van der Waals surface area contributed by atoms with E-state index in [2.05, 4.69) is 6.07 Å². The number of carboxylic acid groups (broad SMARTS) is 1. The molecular weight excluding hydrogens is 230 g/mol. The van der Waals surface area contributed by atoms with Gasteiger partial charge in [-0.05, 0) is 43.0 Å². The predicted molar refractivity (Wildman–Crippen MR) is 69.6 cm³/mol. The maximum Gasteiger partial charge on any atom is 0.323 e. The lowest BCUT2D eigenvalue weighted by Crippen LogP contribution is -2.33. The van der Waals surface area contributed by atoms with Crippen LogP contribution in [0.25, 0.3) is 0 Å². The van der Waals surface area contributed by atoms with Crippen LogP contribution in [-0.4, -0.2) is 35.5 Å². The molecule has 0 spiro atoms. The van der Waals surface area contributed by atoms with Gasteiger partial charge in [-0.2, -0.15) is 0 Å². The van der Waals surface area contributed by atoms with Gasteiger partial charge in [-0.15, -0.1) is 0 Å². The van der Waals surface area contributed by atoms with Crippen molar-refractivity contribution >= 4 is 11.9 Å². The second-order valence-electron chi connectivity index (χ2n) is 4.68. The molecule has 98 valence electrons. The Hall–Kier alpha value is -1.84. The molecule has 0 bridgehead atoms. The summed E-state index contributed by atoms with van der Waals surface area (Å²) in [4.78, 5) is 23.6. The average Bonchev–Trinajstić information content (AvgIpc) is 2.24. The van der Waals surface area contributed by atoms with Gasteiger partial charge in [-0.1, -0.05) is 12.1 Å². The summed E-state index contributed by atoms with van der Waals surface area (Å²) in [5.41, 5.74) is 4.36. The van der Waals surface area contributed by atoms with Crippen molar-refractivity contribution in [2.24, 2.45) is 0 Å². The quantitative estimate of drug-likeness (QED) is 0.883. The Bertz CT molecular complexity index is 480. The summed E-state index contributed by atoms with van der Waals surface area (Å²) in [6.45, 7) is 5.74. The van der Waals surface area contributed by atoms with Gasteiger partial charge in [0.05, 0.1) is 6.42 Å². The molecule has 1 N–H and O–H groups in total. The normalized spacial score (nSPS) is 10.2. The van der Waals surface area contributed by atoms with Gasteiger partial charge < -0.3 is 10.0 Å². The number of carboxylic acids is 1. The van der Waals surface area contributed by atoms with Crippen LogP contribution in [0.3, 0.4) is 0 Å². The summed E-state index contributed by atoms with van der Waals surface area (Å²) in [7, 11) is 1.51. The predicted octanol–water partition coefficient (Wildman–Crippen LogP) is 1.70. The zero-order chi connectivity index (χ0) is 13.9. The first-order valence-electron chi connectivity index (χ1n) is 5.83. The van der Waals surface area contributed by atoms with E-state index in [1.165, 1.54) is 17.5 Å². The number of aryl methyl sites for hydroxylation is 3. The molecule has 1 aromatic rings. The maximum atomic E-state index is 11.9. The van der Waals surface area contributed by atoms with Gasteiger partial charge in [0, 0.05) is 7.05 Å². The summed E-state index contributed by atoms with van der Waals surface area (Å²) < 4.78 is 0. The Morgan fingerprint density at radius 3 is 2.22 bits per heavy atom. The standard InChI is InChI=1S/C14H19NO3/c1-9-5-11(3)12(6-10(9)2)7-13(16)15(4)8-14(17)18/h5-6H,7-8H2,1-4H3,(H,17,18). The Kier molecular flexibility index (Phi) is 4.48. The van der Waals surface area contributed by atoms with Gasteiger partial charge in [0.2, 0.25) is 5.91 Å². The van der Waals surface area contributed by atoms with Crippen LogP contribution in [0.4, 0.5) is 0 Å². The summed E-state index contributed by atoms with van der Waals surface area (Å²) in [6.07, 6.45) is 0.247. The van der Waals surface area contributed by atoms with Crippen molar-refractivity contribution in [3.8, 4) is 0 Å². The number of likely N-dealkylation sites (N-methyl/N-ethyl adjacent to an activating group) is 1. The van der Waals surface area contributed by atoms with Crippen LogP contribution in [0.5, 0.6) is 0 Å². The smallest absolute Gasteiger partial charge is 0.323 e. The molecule has 0 atom stereocenters. The minimum atomic E-state index is -0.998. The number of benzene rings is 1. The van der Waals surface area contributed by atoms with Crippen LogP contribution in [0, 0.1) is 20.8 Å². The minimum absolute atomic E-state index is 0.177. The molecule has 0 aromatic heterocycles. The van der Waals surface area contributed by atoms with Gasteiger partial charge >= 0.3 is 5.97 Å². The van der Waals surface area contributed by atoms with Crippen LogP contribution >= 0.6 is 0 Å². The topological polar surface area (TPSA) is 57.6 Å². The molecule has 0 aliphatic heterocycles. The summed E-state index contributed by atoms with van der Waals surface area (Å²) in [5.74, 6) is -1.17. The fourth-order valence-electron chi connectivity index (χ4n) is 1.80. The first-order valence-corrected chi connectivity index (χ1v) is 5.83. The van der Waals surface area contributed by atoms with E-state index in [0.29, 0.717) is 0 Å². The molecule has 4 nitrogen and oxygen atoms in total. The molecule has 0 fully saturated rings. The van der Waals surface area contributed by atoms with Gasteiger partial charge in [0.15, 0.2) is 0 Å². The lowest BCUT2D eigenvalue weighted by molar-refractivity contribution is -0.143. The van der Waals surface area contributed by atoms with Crippen LogP contribution in [0.15, 0.2) is 12.1 Å². The Labute approximate surface area is 107 Å². The van der Waals surface area contributed by atoms with Crippen LogP contribution < -0.4 is 0 Å². The van der Waals surface area contributed by atoms with Gasteiger partial charge in [-0.25, -0.2) is 0 Å². The highest BCUT2D eigenvalue weighted by Crippen LogP contribution is 2.16. The number of carbonyl (C=O) groups is 2. The van der Waals surface area contributed by atoms with Gasteiger partial charge in [-0.3, -0.25) is 9.59 Å². The Morgan fingerprint density at radius 1 is 1.11 bits per heavy atom. The monoisotopic (exact) mass is 249 g/mol. The second kappa shape index (κ2) is 5.67. The highest BCUT2D eigenvalue weighted by Gasteiger charge is 2.14. The summed E-state index contributed by atoms with van der Waals surface area (Å²) >= 11 is 0. The third-order valence-corrected chi connectivity index (χ3v) is 3.09. The van der Waals surface area contributed by atoms with Crippen LogP contribution in [0.2, 0.25) is 0 Å². The third-order valence-electron chi connectivity index (χ3n) is 3.09. The molecule has 1 rings (SSSR count). The molecule has 1 aromatic carbocycles. The van der Waals surface area contributed by atoms with Crippen molar-refractivity contribution in [2.75, 3.05) is 13.6 Å². The van der Waals surface area contributed by atoms with Crippen LogP contribution in [-0.2, 0) is 16.0 Å². The number of rotatable bonds is 4. The molecule has 1 amide bonds. The van der Waals surface area contributed by atoms with E-state index in [9.17, 15) is 9.59 Å². The number of amides is 1. The molecule has 0 radical (unpaired) electrons. The van der Waals surface area contributed by atoms with Gasteiger partial charge in [0.1, 0.15) is 6.54 Å². The second-order valence-corrected chi connectivity index (χ2v) is 4.68. The number of aliphatic carboxylic acids is 1. The lowest BCUT2D eigenvalue weighted by atomic mass is 9.98. The Morgan fingerprint density at radius 2 is 1.67 bits per heavy atom. The van der Waals surface area contributed by atoms with Crippen molar-refractivity contribution in [1.29, 1.82) is 0 Å². The molecule has 0 saturated carbocycles. The number of nitrogens with zero attached hydrogens (tertiary/aromatic N) is 1. The number of hydrogen-bond acceptors (Lipinski definition) is 2. The van der Waals surface area contributed by atoms with E-state index >= 15 is 0 Å². The van der Waals surface area contributed by atoms with Crippen molar-refractivity contribution in [3.05, 3.63) is 34.4 Å². The number of hydrogen-bond donors (Lipinski definition) is 1. The largest absolute Gasteiger partial charge is 0.480 e. The van der Waals surface area contributed by atoms with Gasteiger partial charge in [0.25, 0.3) is 0 Å². The van der Waals surface area contributed by atoms with E-state index in [4.69, 9.17) is 5.11 Å². The first-order chi connectivity index (χ1) is 8.31. The third kappa shape index (κ3) is 3.58. The molecule has 18 heavy (non-hydrogen) atoms. The van der Waals surface area contributed by atoms with Crippen molar-refractivity contribution < 1.29 is 14.7 Å². The highest BCUT2D eigenvalue weighted by atomic mass is 16.4. The van der Waals surface area contributed by atoms with E-state index in [1.807, 2.05) is 26.8 Å². The zero-order valence-corrected chi connectivity index (χ0v) is 11.3. The summed E-state index contributed by atoms with van der Waals surface area (Å²) in [5, 5.41) is 8.64. The molecule has 0 saturated heterocycles. The fourth-order valence-corrected chi connectivity index (χ4v) is 1.80. The minimum Gasteiger partial charge on any atom is -0.480 e. The SMILES string of the molecule is Cc1cc(C)c(CC(=O)N(C)CC(=O)O)cc1C. The average molecular weight is 249 g/mol. The molecule has 0 aliphatic rings. The van der Waals surface area contributed by atoms with Crippen molar-refractivity contribution in [3.63, 3.8) is 0 Å².